The van der Waals surface area contributed by atoms with Gasteiger partial charge in [0.25, 0.3) is 0 Å². The van der Waals surface area contributed by atoms with Crippen LogP contribution >= 0.6 is 0 Å². The molecule has 6 nitrogen and oxygen atoms in total. The van der Waals surface area contributed by atoms with Crippen molar-refractivity contribution >= 4 is 12.2 Å². The lowest BCUT2D eigenvalue weighted by Gasteiger charge is -2.22. The van der Waals surface area contributed by atoms with Gasteiger partial charge < -0.3 is 15.5 Å². The Morgan fingerprint density at radius 2 is 1.81 bits per heavy atom. The Labute approximate surface area is 157 Å². The number of hydrogen-bond donors (Lipinski definition) is 3. The number of aromatic nitrogens is 2. The van der Waals surface area contributed by atoms with Gasteiger partial charge in [-0.2, -0.15) is 0 Å². The van der Waals surface area contributed by atoms with E-state index in [-0.39, 0.29) is 5.84 Å². The summed E-state index contributed by atoms with van der Waals surface area (Å²) < 4.78 is 5.85. The van der Waals surface area contributed by atoms with Crippen molar-refractivity contribution in [1.82, 2.24) is 9.97 Å². The molecule has 2 aromatic carbocycles. The maximum absolute atomic E-state index is 7.19. The molecule has 1 aliphatic carbocycles. The van der Waals surface area contributed by atoms with E-state index in [0.29, 0.717) is 11.6 Å². The molecule has 1 aromatic heterocycles. The molecular formula is C21H21N5O. The summed E-state index contributed by atoms with van der Waals surface area (Å²) in [7, 11) is 0. The van der Waals surface area contributed by atoms with Crippen LogP contribution in [0.5, 0.6) is 11.5 Å². The number of ether oxygens (including phenoxy) is 1. The number of aromatic amines is 1. The zero-order valence-corrected chi connectivity index (χ0v) is 14.9. The molecule has 0 unspecified atom stereocenters. The molecule has 1 aliphatic rings. The molecule has 1 heterocycles. The van der Waals surface area contributed by atoms with Crippen molar-refractivity contribution in [1.29, 1.82) is 5.41 Å². The molecule has 4 rings (SSSR count). The first-order valence-electron chi connectivity index (χ1n) is 9.00. The van der Waals surface area contributed by atoms with Crippen LogP contribution in [0.15, 0.2) is 59.6 Å². The number of aliphatic imine (C=N–C) groups is 1. The summed E-state index contributed by atoms with van der Waals surface area (Å²) in [4.78, 5) is 12.0. The lowest BCUT2D eigenvalue weighted by Crippen LogP contribution is -2.16. The Morgan fingerprint density at radius 3 is 2.44 bits per heavy atom. The number of hydrogen-bond acceptors (Lipinski definition) is 3. The highest BCUT2D eigenvalue weighted by Gasteiger charge is 2.25. The Bertz CT molecular complexity index is 956. The molecule has 1 fully saturated rings. The molecule has 0 spiro atoms. The van der Waals surface area contributed by atoms with E-state index in [2.05, 4.69) is 9.98 Å². The van der Waals surface area contributed by atoms with Gasteiger partial charge in [0.1, 0.15) is 29.4 Å². The third-order valence-electron chi connectivity index (χ3n) is 4.78. The zero-order chi connectivity index (χ0) is 18.6. The number of nitrogens with zero attached hydrogens (tertiary/aromatic N) is 2. The van der Waals surface area contributed by atoms with Crippen molar-refractivity contribution in [2.24, 2.45) is 10.7 Å². The van der Waals surface area contributed by atoms with Crippen LogP contribution in [0, 0.1) is 5.41 Å². The van der Waals surface area contributed by atoms with Crippen LogP contribution in [0.2, 0.25) is 0 Å². The van der Waals surface area contributed by atoms with E-state index < -0.39 is 0 Å². The molecule has 0 aliphatic heterocycles. The van der Waals surface area contributed by atoms with Gasteiger partial charge >= 0.3 is 0 Å². The third-order valence-corrected chi connectivity index (χ3v) is 4.78. The molecular weight excluding hydrogens is 338 g/mol. The molecule has 4 N–H and O–H groups in total. The summed E-state index contributed by atoms with van der Waals surface area (Å²) in [6.45, 7) is 0. The zero-order valence-electron chi connectivity index (χ0n) is 14.9. The van der Waals surface area contributed by atoms with Crippen molar-refractivity contribution in [3.63, 3.8) is 0 Å². The minimum Gasteiger partial charge on any atom is -0.457 e. The van der Waals surface area contributed by atoms with E-state index >= 15 is 0 Å². The highest BCUT2D eigenvalue weighted by molar-refractivity contribution is 6.04. The van der Waals surface area contributed by atoms with Gasteiger partial charge in [0.2, 0.25) is 0 Å². The van der Waals surface area contributed by atoms with Crippen LogP contribution in [0.1, 0.15) is 36.7 Å². The van der Waals surface area contributed by atoms with E-state index in [1.807, 2.05) is 54.6 Å². The van der Waals surface area contributed by atoms with Crippen LogP contribution in [0.4, 0.5) is 0 Å². The topological polar surface area (TPSA) is 100 Å². The predicted octanol–water partition coefficient (Wildman–Crippen LogP) is 4.45. The number of nitrogens with one attached hydrogen (secondary N) is 2. The van der Waals surface area contributed by atoms with Crippen molar-refractivity contribution < 1.29 is 4.74 Å². The second-order valence-corrected chi connectivity index (χ2v) is 6.56. The molecule has 136 valence electrons. The second-order valence-electron chi connectivity index (χ2n) is 6.56. The molecule has 3 aromatic rings. The van der Waals surface area contributed by atoms with Gasteiger partial charge in [-0.05, 0) is 49.2 Å². The fourth-order valence-corrected chi connectivity index (χ4v) is 3.10. The summed E-state index contributed by atoms with van der Waals surface area (Å²) in [5.41, 5.74) is 8.40. The Kier molecular flexibility index (Phi) is 4.70. The van der Waals surface area contributed by atoms with Crippen LogP contribution < -0.4 is 10.5 Å². The number of imidazole rings is 1. The number of benzene rings is 2. The monoisotopic (exact) mass is 359 g/mol. The standard InChI is InChI=1S/C21H21N5O/c22-13-24-20(23)19-18(25-21(26-19)15-5-4-6-15)14-9-11-17(12-10-14)27-16-7-2-1-3-8-16/h1-3,7-13,15H,4-6H2,(H,25,26)(H3,22,23,24). The van der Waals surface area contributed by atoms with Gasteiger partial charge in [-0.15, -0.1) is 0 Å². The van der Waals surface area contributed by atoms with Gasteiger partial charge in [0.05, 0.1) is 5.69 Å². The SMILES string of the molecule is N=C/N=C(/N)c1[nH]c(C2CCC2)nc1-c1ccc(Oc2ccccc2)cc1. The molecule has 0 radical (unpaired) electrons. The molecule has 0 saturated heterocycles. The number of amidine groups is 1. The summed E-state index contributed by atoms with van der Waals surface area (Å²) in [6.07, 6.45) is 4.45. The summed E-state index contributed by atoms with van der Waals surface area (Å²) >= 11 is 0. The van der Waals surface area contributed by atoms with Crippen molar-refractivity contribution in [3.8, 4) is 22.8 Å². The maximum atomic E-state index is 7.19. The van der Waals surface area contributed by atoms with E-state index in [4.69, 9.17) is 20.9 Å². The van der Waals surface area contributed by atoms with Crippen LogP contribution in [0.25, 0.3) is 11.3 Å². The third kappa shape index (κ3) is 3.60. The molecule has 0 atom stereocenters. The van der Waals surface area contributed by atoms with Gasteiger partial charge in [-0.25, -0.2) is 9.98 Å². The lowest BCUT2D eigenvalue weighted by molar-refractivity contribution is 0.404. The van der Waals surface area contributed by atoms with Crippen molar-refractivity contribution in [2.45, 2.75) is 25.2 Å². The summed E-state index contributed by atoms with van der Waals surface area (Å²) in [5, 5.41) is 7.19. The van der Waals surface area contributed by atoms with Crippen LogP contribution in [-0.2, 0) is 0 Å². The maximum Gasteiger partial charge on any atom is 0.151 e. The minimum atomic E-state index is 0.266. The average molecular weight is 359 g/mol. The lowest BCUT2D eigenvalue weighted by atomic mass is 9.85. The molecule has 0 bridgehead atoms. The van der Waals surface area contributed by atoms with Crippen LogP contribution in [0.3, 0.4) is 0 Å². The number of nitrogens with two attached hydrogens (primary N) is 1. The Hall–Kier alpha value is -3.41. The van der Waals surface area contributed by atoms with E-state index in [9.17, 15) is 0 Å². The fraction of sp³-hybridized carbons (Fsp3) is 0.190. The first-order chi connectivity index (χ1) is 13.2. The first-order valence-corrected chi connectivity index (χ1v) is 9.00. The minimum absolute atomic E-state index is 0.266. The van der Waals surface area contributed by atoms with E-state index in [1.54, 1.807) is 0 Å². The summed E-state index contributed by atoms with van der Waals surface area (Å²) in [5.74, 6) is 3.20. The van der Waals surface area contributed by atoms with Crippen molar-refractivity contribution in [2.75, 3.05) is 0 Å². The number of para-hydroxylation sites is 1. The Morgan fingerprint density at radius 1 is 1.11 bits per heavy atom. The molecule has 6 heteroatoms. The predicted molar refractivity (Wildman–Crippen MR) is 107 cm³/mol. The highest BCUT2D eigenvalue weighted by atomic mass is 16.5. The van der Waals surface area contributed by atoms with Gasteiger partial charge in [-0.3, -0.25) is 5.41 Å². The fourth-order valence-electron chi connectivity index (χ4n) is 3.10. The molecule has 27 heavy (non-hydrogen) atoms. The molecule has 1 saturated carbocycles. The average Bonchev–Trinajstić information content (AvgIpc) is 3.07. The number of H-pyrrole nitrogens is 1. The highest BCUT2D eigenvalue weighted by Crippen LogP contribution is 2.36. The smallest absolute Gasteiger partial charge is 0.151 e. The Balaban J connectivity index is 1.64. The number of rotatable bonds is 6. The van der Waals surface area contributed by atoms with Gasteiger partial charge in [0.15, 0.2) is 5.84 Å². The summed E-state index contributed by atoms with van der Waals surface area (Å²) in [6, 6.07) is 17.4. The largest absolute Gasteiger partial charge is 0.457 e. The van der Waals surface area contributed by atoms with Gasteiger partial charge in [-0.1, -0.05) is 24.6 Å². The second kappa shape index (κ2) is 7.45. The molecule has 0 amide bonds. The quantitative estimate of drug-likeness (QED) is 0.448. The van der Waals surface area contributed by atoms with Gasteiger partial charge in [0, 0.05) is 11.5 Å². The van der Waals surface area contributed by atoms with Crippen LogP contribution in [-0.4, -0.2) is 22.1 Å². The normalized spacial score (nSPS) is 14.6. The van der Waals surface area contributed by atoms with Crippen molar-refractivity contribution in [3.05, 3.63) is 66.1 Å². The van der Waals surface area contributed by atoms with E-state index in [1.165, 1.54) is 6.42 Å². The first kappa shape index (κ1) is 17.0. The van der Waals surface area contributed by atoms with E-state index in [0.717, 1.165) is 47.8 Å².